The first-order chi connectivity index (χ1) is 5.61. The van der Waals surface area contributed by atoms with Crippen molar-refractivity contribution in [2.75, 3.05) is 0 Å². The van der Waals surface area contributed by atoms with Crippen LogP contribution in [0.3, 0.4) is 0 Å². The number of carbonyl (C=O) groups is 2. The normalized spacial score (nSPS) is 8.62. The van der Waals surface area contributed by atoms with Crippen molar-refractivity contribution in [1.29, 1.82) is 0 Å². The van der Waals surface area contributed by atoms with E-state index in [1.54, 1.807) is 0 Å². The molecule has 71 valence electrons. The molecule has 0 fully saturated rings. The van der Waals surface area contributed by atoms with Gasteiger partial charge >= 0.3 is 11.9 Å². The minimum Gasteiger partial charge on any atom is -0.478 e. The third-order valence-corrected chi connectivity index (χ3v) is 1.23. The monoisotopic (exact) mass is 226 g/mol. The zero-order chi connectivity index (χ0) is 9.14. The Bertz CT molecular complexity index is 310. The average Bonchev–Trinajstić information content (AvgIpc) is 2.04. The van der Waals surface area contributed by atoms with Crippen molar-refractivity contribution in [1.82, 2.24) is 4.98 Å². The molecule has 6 heteroatoms. The van der Waals surface area contributed by atoms with Gasteiger partial charge in [0.05, 0.1) is 11.1 Å². The van der Waals surface area contributed by atoms with Crippen molar-refractivity contribution in [2.45, 2.75) is 0 Å². The second-order valence-corrected chi connectivity index (χ2v) is 2.07. The minimum absolute atomic E-state index is 0. The summed E-state index contributed by atoms with van der Waals surface area (Å²) in [4.78, 5) is 24.2. The Kier molecular flexibility index (Phi) is 4.09. The molecule has 0 aromatic carbocycles. The van der Waals surface area contributed by atoms with Gasteiger partial charge in [-0.25, -0.2) is 9.59 Å². The van der Waals surface area contributed by atoms with Gasteiger partial charge in [-0.05, 0) is 6.07 Å². The molecular formula is C7H5CoNO4. The average molecular weight is 226 g/mol. The number of aromatic carboxylic acids is 2. The molecule has 0 saturated heterocycles. The van der Waals surface area contributed by atoms with Crippen molar-refractivity contribution < 1.29 is 36.6 Å². The van der Waals surface area contributed by atoms with Crippen molar-refractivity contribution in [3.63, 3.8) is 0 Å². The number of carboxylic acids is 2. The summed E-state index contributed by atoms with van der Waals surface area (Å²) in [6.45, 7) is 0. The van der Waals surface area contributed by atoms with Crippen molar-refractivity contribution >= 4 is 11.9 Å². The molecule has 0 aliphatic heterocycles. The minimum atomic E-state index is -1.19. The molecule has 0 saturated carbocycles. The van der Waals surface area contributed by atoms with E-state index < -0.39 is 11.9 Å². The van der Waals surface area contributed by atoms with Gasteiger partial charge in [-0.15, -0.1) is 0 Å². The molecule has 1 heterocycles. The van der Waals surface area contributed by atoms with Gasteiger partial charge in [0.2, 0.25) is 0 Å². The van der Waals surface area contributed by atoms with E-state index in [-0.39, 0.29) is 27.9 Å². The Morgan fingerprint density at radius 3 is 1.77 bits per heavy atom. The van der Waals surface area contributed by atoms with Crippen LogP contribution < -0.4 is 0 Å². The van der Waals surface area contributed by atoms with E-state index in [2.05, 4.69) is 4.98 Å². The fourth-order valence-corrected chi connectivity index (χ4v) is 0.674. The van der Waals surface area contributed by atoms with E-state index in [0.717, 1.165) is 18.5 Å². The molecule has 1 rings (SSSR count). The Balaban J connectivity index is 0.00000144. The molecule has 1 aromatic heterocycles. The van der Waals surface area contributed by atoms with E-state index in [9.17, 15) is 9.59 Å². The molecule has 13 heavy (non-hydrogen) atoms. The molecule has 1 aromatic rings. The number of aromatic nitrogens is 1. The van der Waals surface area contributed by atoms with Crippen LogP contribution in [0.25, 0.3) is 0 Å². The van der Waals surface area contributed by atoms with Crippen LogP contribution >= 0.6 is 0 Å². The molecular weight excluding hydrogens is 221 g/mol. The molecule has 0 aliphatic carbocycles. The van der Waals surface area contributed by atoms with E-state index in [1.807, 2.05) is 0 Å². The van der Waals surface area contributed by atoms with Crippen LogP contribution in [0, 0.1) is 0 Å². The van der Waals surface area contributed by atoms with Crippen LogP contribution in [0.15, 0.2) is 18.5 Å². The maximum absolute atomic E-state index is 10.3. The van der Waals surface area contributed by atoms with Crippen LogP contribution in [0.1, 0.15) is 20.7 Å². The number of carboxylic acid groups (broad SMARTS) is 2. The number of rotatable bonds is 2. The van der Waals surface area contributed by atoms with E-state index >= 15 is 0 Å². The second-order valence-electron chi connectivity index (χ2n) is 2.07. The molecule has 0 unspecified atom stereocenters. The third kappa shape index (κ3) is 2.84. The van der Waals surface area contributed by atoms with Crippen LogP contribution in [-0.2, 0) is 16.8 Å². The Hall–Kier alpha value is -1.40. The van der Waals surface area contributed by atoms with E-state index in [1.165, 1.54) is 0 Å². The standard InChI is InChI=1S/C7H5NO4.Co/c9-6(10)4-1-5(7(11)12)3-8-2-4;/h1-3H,(H,9,10)(H,11,12);. The predicted molar refractivity (Wildman–Crippen MR) is 38.2 cm³/mol. The van der Waals surface area contributed by atoms with Crippen LogP contribution in [0.5, 0.6) is 0 Å². The van der Waals surface area contributed by atoms with Crippen LogP contribution in [0.2, 0.25) is 0 Å². The maximum atomic E-state index is 10.3. The predicted octanol–water partition coefficient (Wildman–Crippen LogP) is 0.475. The van der Waals surface area contributed by atoms with Gasteiger partial charge in [0.1, 0.15) is 0 Å². The fraction of sp³-hybridized carbons (Fsp3) is 0. The van der Waals surface area contributed by atoms with Gasteiger partial charge in [-0.3, -0.25) is 4.98 Å². The zero-order valence-electron chi connectivity index (χ0n) is 6.22. The summed E-state index contributed by atoms with van der Waals surface area (Å²) in [5.74, 6) is -2.38. The first-order valence-corrected chi connectivity index (χ1v) is 3.03. The second kappa shape index (κ2) is 4.58. The summed E-state index contributed by atoms with van der Waals surface area (Å²) in [5, 5.41) is 16.9. The third-order valence-electron chi connectivity index (χ3n) is 1.23. The number of pyridine rings is 1. The SMILES string of the molecule is O=C(O)c1cncc(C(=O)O)c1.[Co]. The molecule has 0 amide bonds. The topological polar surface area (TPSA) is 87.5 Å². The number of hydrogen-bond acceptors (Lipinski definition) is 3. The first kappa shape index (κ1) is 11.6. The first-order valence-electron chi connectivity index (χ1n) is 3.03. The molecule has 1 radical (unpaired) electrons. The molecule has 0 atom stereocenters. The molecule has 0 spiro atoms. The van der Waals surface area contributed by atoms with Gasteiger partial charge < -0.3 is 10.2 Å². The number of hydrogen-bond donors (Lipinski definition) is 2. The summed E-state index contributed by atoms with van der Waals surface area (Å²) >= 11 is 0. The number of nitrogens with zero attached hydrogens (tertiary/aromatic N) is 1. The Labute approximate surface area is 83.6 Å². The summed E-state index contributed by atoms with van der Waals surface area (Å²) in [7, 11) is 0. The van der Waals surface area contributed by atoms with Crippen molar-refractivity contribution in [3.8, 4) is 0 Å². The van der Waals surface area contributed by atoms with Crippen molar-refractivity contribution in [2.24, 2.45) is 0 Å². The fourth-order valence-electron chi connectivity index (χ4n) is 0.674. The van der Waals surface area contributed by atoms with Gasteiger partial charge in [0.25, 0.3) is 0 Å². The maximum Gasteiger partial charge on any atom is 0.337 e. The largest absolute Gasteiger partial charge is 0.478 e. The smallest absolute Gasteiger partial charge is 0.337 e. The van der Waals surface area contributed by atoms with Gasteiger partial charge in [0.15, 0.2) is 0 Å². The van der Waals surface area contributed by atoms with Crippen LogP contribution in [0.4, 0.5) is 0 Å². The van der Waals surface area contributed by atoms with Gasteiger partial charge in [-0.1, -0.05) is 0 Å². The summed E-state index contributed by atoms with van der Waals surface area (Å²) in [5.41, 5.74) is -0.259. The molecule has 2 N–H and O–H groups in total. The Morgan fingerprint density at radius 1 is 1.08 bits per heavy atom. The molecule has 5 nitrogen and oxygen atoms in total. The Morgan fingerprint density at radius 2 is 1.46 bits per heavy atom. The summed E-state index contributed by atoms with van der Waals surface area (Å²) in [6, 6.07) is 1.05. The summed E-state index contributed by atoms with van der Waals surface area (Å²) in [6.07, 6.45) is 2.18. The molecule has 0 bridgehead atoms. The van der Waals surface area contributed by atoms with E-state index in [0.29, 0.717) is 0 Å². The van der Waals surface area contributed by atoms with Gasteiger partial charge in [-0.2, -0.15) is 0 Å². The van der Waals surface area contributed by atoms with E-state index in [4.69, 9.17) is 10.2 Å². The van der Waals surface area contributed by atoms with Crippen LogP contribution in [-0.4, -0.2) is 27.1 Å². The van der Waals surface area contributed by atoms with Gasteiger partial charge in [0, 0.05) is 29.2 Å². The quantitative estimate of drug-likeness (QED) is 0.765. The van der Waals surface area contributed by atoms with Crippen molar-refractivity contribution in [3.05, 3.63) is 29.6 Å². The summed E-state index contributed by atoms with van der Waals surface area (Å²) < 4.78 is 0. The molecule has 0 aliphatic rings. The zero-order valence-corrected chi connectivity index (χ0v) is 7.26.